The van der Waals surface area contributed by atoms with Crippen LogP contribution in [0.15, 0.2) is 23.8 Å². The molecule has 6 bridgehead atoms. The fraction of sp³-hybridized carbons (Fsp3) is 0.833. The molecule has 2 aliphatic heterocycles. The van der Waals surface area contributed by atoms with E-state index in [4.69, 9.17) is 13.6 Å². The zero-order valence-electron chi connectivity index (χ0n) is 25.1. The first-order valence-corrected chi connectivity index (χ1v) is 21.4. The number of carbonyl (C=O) groups excluding carboxylic acids is 1. The molecule has 37 heavy (non-hydrogen) atoms. The molecule has 2 saturated carbocycles. The summed E-state index contributed by atoms with van der Waals surface area (Å²) < 4.78 is 20.6. The van der Waals surface area contributed by atoms with Gasteiger partial charge >= 0.3 is 0 Å². The van der Waals surface area contributed by atoms with E-state index in [0.29, 0.717) is 18.3 Å². The van der Waals surface area contributed by atoms with E-state index in [-0.39, 0.29) is 44.6 Å². The monoisotopic (exact) mass is 562 g/mol. The molecule has 0 aromatic heterocycles. The second-order valence-electron chi connectivity index (χ2n) is 15.5. The van der Waals surface area contributed by atoms with Crippen LogP contribution < -0.4 is 0 Å². The van der Waals surface area contributed by atoms with Crippen molar-refractivity contribution >= 4 is 34.2 Å². The smallest absolute Gasteiger partial charge is 0.192 e. The number of ketones is 1. The Kier molecular flexibility index (Phi) is 6.63. The number of fused-ring (bicyclic) bond motifs is 2. The number of rotatable bonds is 7. The predicted molar refractivity (Wildman–Crippen MR) is 159 cm³/mol. The predicted octanol–water partition coefficient (Wildman–Crippen LogP) is 7.24. The average Bonchev–Trinajstić information content (AvgIpc) is 3.25. The molecule has 7 rings (SSSR count). The summed E-state index contributed by atoms with van der Waals surface area (Å²) in [6, 6.07) is 0. The van der Waals surface area contributed by atoms with Gasteiger partial charge in [-0.15, -0.1) is 0 Å². The molecule has 5 aliphatic carbocycles. The lowest BCUT2D eigenvalue weighted by Crippen LogP contribution is -2.68. The Morgan fingerprint density at radius 1 is 1.03 bits per heavy atom. The quantitative estimate of drug-likeness (QED) is 0.242. The molecule has 0 unspecified atom stereocenters. The van der Waals surface area contributed by atoms with Crippen molar-refractivity contribution in [2.24, 2.45) is 29.6 Å². The number of hydrogen-bond donors (Lipinski definition) is 0. The van der Waals surface area contributed by atoms with Gasteiger partial charge in [0.25, 0.3) is 0 Å². The van der Waals surface area contributed by atoms with Gasteiger partial charge in [-0.3, -0.25) is 4.79 Å². The molecule has 2 heterocycles. The summed E-state index contributed by atoms with van der Waals surface area (Å²) in [5.41, 5.74) is 0.981. The second kappa shape index (κ2) is 8.66. The summed E-state index contributed by atoms with van der Waals surface area (Å²) in [4.78, 5) is 13.9. The van der Waals surface area contributed by atoms with E-state index in [9.17, 15) is 4.79 Å². The zero-order valence-corrected chi connectivity index (χ0v) is 27.9. The van der Waals surface area contributed by atoms with Gasteiger partial charge in [-0.25, -0.2) is 0 Å². The third-order valence-corrected chi connectivity index (χ3v) is 22.1. The Bertz CT molecular complexity index is 1020. The van der Waals surface area contributed by atoms with Crippen LogP contribution in [0.1, 0.15) is 54.4 Å². The molecule has 2 saturated heterocycles. The largest absolute Gasteiger partial charge is 0.415 e. The maximum absolute atomic E-state index is 13.9. The molecule has 4 nitrogen and oxygen atoms in total. The van der Waals surface area contributed by atoms with Crippen molar-refractivity contribution in [2.75, 3.05) is 19.5 Å². The molecule has 208 valence electrons. The first kappa shape index (κ1) is 28.3. The van der Waals surface area contributed by atoms with Crippen molar-refractivity contribution in [3.05, 3.63) is 23.8 Å². The van der Waals surface area contributed by atoms with Gasteiger partial charge in [0.05, 0.1) is 34.9 Å². The van der Waals surface area contributed by atoms with Gasteiger partial charge in [0, 0.05) is 12.5 Å². The Hall–Kier alpha value is -0.186. The minimum Gasteiger partial charge on any atom is -0.415 e. The average molecular weight is 563 g/mol. The van der Waals surface area contributed by atoms with E-state index in [1.165, 1.54) is 5.57 Å². The third kappa shape index (κ3) is 4.03. The highest BCUT2D eigenvalue weighted by Crippen LogP contribution is 2.69. The molecule has 4 fully saturated rings. The first-order valence-electron chi connectivity index (χ1n) is 14.3. The molecule has 0 radical (unpaired) electrons. The Labute approximate surface area is 232 Å². The fourth-order valence-corrected chi connectivity index (χ4v) is 10.6. The molecule has 0 aromatic carbocycles. The summed E-state index contributed by atoms with van der Waals surface area (Å²) >= 11 is 1.95. The second-order valence-corrected chi connectivity index (χ2v) is 26.3. The summed E-state index contributed by atoms with van der Waals surface area (Å²) in [5.74, 6) is 1.16. The molecule has 0 aromatic rings. The Morgan fingerprint density at radius 3 is 2.22 bits per heavy atom. The maximum atomic E-state index is 13.9. The minimum absolute atomic E-state index is 0.0211. The lowest BCUT2D eigenvalue weighted by Gasteiger charge is -2.61. The van der Waals surface area contributed by atoms with Crippen LogP contribution in [0.25, 0.3) is 0 Å². The van der Waals surface area contributed by atoms with Crippen LogP contribution in [0.4, 0.5) is 0 Å². The Balaban J connectivity index is 1.42. The summed E-state index contributed by atoms with van der Waals surface area (Å²) in [5, 5.41) is 0.354. The van der Waals surface area contributed by atoms with Gasteiger partial charge in [0.1, 0.15) is 5.78 Å². The minimum atomic E-state index is -1.90. The van der Waals surface area contributed by atoms with Crippen molar-refractivity contribution in [3.8, 4) is 0 Å². The van der Waals surface area contributed by atoms with E-state index in [2.05, 4.69) is 92.2 Å². The number of carbonyl (C=O) groups is 1. The molecular formula is C30H50O4SSi2. The lowest BCUT2D eigenvalue weighted by molar-refractivity contribution is -0.234. The third-order valence-electron chi connectivity index (χ3n) is 11.7. The first-order chi connectivity index (χ1) is 16.9. The maximum Gasteiger partial charge on any atom is 0.192 e. The molecule has 7 aliphatic rings. The van der Waals surface area contributed by atoms with Crippen LogP contribution in [0, 0.1) is 29.6 Å². The van der Waals surface area contributed by atoms with Gasteiger partial charge < -0.3 is 13.6 Å². The topological polar surface area (TPSA) is 44.8 Å². The van der Waals surface area contributed by atoms with Gasteiger partial charge in [0.15, 0.2) is 16.6 Å². The fourth-order valence-electron chi connectivity index (χ4n) is 7.30. The molecule has 8 atom stereocenters. The lowest BCUT2D eigenvalue weighted by atomic mass is 9.53. The summed E-state index contributed by atoms with van der Waals surface area (Å²) in [6.07, 6.45) is 11.2. The number of ether oxygens (including phenoxy) is 1. The van der Waals surface area contributed by atoms with Gasteiger partial charge in [-0.2, -0.15) is 11.8 Å². The van der Waals surface area contributed by atoms with E-state index >= 15 is 0 Å². The summed E-state index contributed by atoms with van der Waals surface area (Å²) in [6.45, 7) is 24.6. The normalized spacial score (nSPS) is 40.8. The highest BCUT2D eigenvalue weighted by Gasteiger charge is 2.74. The van der Waals surface area contributed by atoms with Crippen molar-refractivity contribution in [3.63, 3.8) is 0 Å². The van der Waals surface area contributed by atoms with E-state index < -0.39 is 22.2 Å². The van der Waals surface area contributed by atoms with Crippen LogP contribution in [0.3, 0.4) is 0 Å². The summed E-state index contributed by atoms with van der Waals surface area (Å²) in [7, 11) is -3.76. The highest BCUT2D eigenvalue weighted by atomic mass is 32.2. The van der Waals surface area contributed by atoms with E-state index in [1.54, 1.807) is 0 Å². The Morgan fingerprint density at radius 2 is 1.65 bits per heavy atom. The standard InChI is InChI=1S/C30H50O4SSi2/c1-27(2,3)36(8,9)32-17-19-14-22-23-15-21(19)25(26(22)31)29(34-23)16-20-12-13-24(29)30(20,35-7)18-33-37(10,11)28(4,5)6/h12-14,20-25H,15-18H2,1-11H3/t20-,21-,22+,23-,24-,25-,29+,30+/m0/s1. The molecule has 0 N–H and O–H groups in total. The van der Waals surface area contributed by atoms with Crippen molar-refractivity contribution in [2.45, 2.75) is 107 Å². The number of Topliss-reactive ketones (excluding diaryl/α,β-unsaturated/α-hetero) is 1. The van der Waals surface area contributed by atoms with Crippen molar-refractivity contribution in [1.82, 2.24) is 0 Å². The van der Waals surface area contributed by atoms with Crippen molar-refractivity contribution < 1.29 is 18.4 Å². The molecule has 1 spiro atoms. The molecular weight excluding hydrogens is 513 g/mol. The van der Waals surface area contributed by atoms with Crippen LogP contribution in [0.2, 0.25) is 36.3 Å². The number of allylic oxidation sites excluding steroid dienone is 1. The number of thioether (sulfide) groups is 1. The van der Waals surface area contributed by atoms with E-state index in [0.717, 1.165) is 19.4 Å². The number of hydrogen-bond acceptors (Lipinski definition) is 5. The van der Waals surface area contributed by atoms with Crippen LogP contribution >= 0.6 is 11.8 Å². The van der Waals surface area contributed by atoms with Gasteiger partial charge in [0.2, 0.25) is 0 Å². The van der Waals surface area contributed by atoms with E-state index in [1.807, 2.05) is 11.8 Å². The van der Waals surface area contributed by atoms with Crippen LogP contribution in [-0.4, -0.2) is 58.3 Å². The molecule has 7 heteroatoms. The molecule has 0 amide bonds. The van der Waals surface area contributed by atoms with Gasteiger partial charge in [-0.1, -0.05) is 59.8 Å². The zero-order chi connectivity index (χ0) is 27.4. The van der Waals surface area contributed by atoms with Gasteiger partial charge in [-0.05, 0) is 72.8 Å². The van der Waals surface area contributed by atoms with Crippen molar-refractivity contribution in [1.29, 1.82) is 0 Å². The van der Waals surface area contributed by atoms with Crippen LogP contribution in [-0.2, 0) is 18.4 Å². The van der Waals surface area contributed by atoms with Crippen LogP contribution in [0.5, 0.6) is 0 Å². The highest BCUT2D eigenvalue weighted by molar-refractivity contribution is 8.00. The SMILES string of the molecule is CS[C@]1(CO[Si](C)(C)C(C)(C)C)[C@H]2C=C[C@H]1[C@@]1(C2)O[C@H]2C[C@H]3C(CO[Si](C)(C)C(C)(C)C)=C[C@H]2C(=O)[C@H]31.